The molecule has 0 atom stereocenters. The van der Waals surface area contributed by atoms with E-state index in [9.17, 15) is 4.79 Å². The van der Waals surface area contributed by atoms with Crippen LogP contribution in [0.25, 0.3) is 5.69 Å². The van der Waals surface area contributed by atoms with Gasteiger partial charge in [0.15, 0.2) is 0 Å². The fraction of sp³-hybridized carbons (Fsp3) is 0.286. The average Bonchev–Trinajstić information content (AvgIpc) is 2.86. The highest BCUT2D eigenvalue weighted by atomic mass is 16.1. The number of carbonyl (C=O) groups is 1. The van der Waals surface area contributed by atoms with Crippen molar-refractivity contribution in [1.29, 1.82) is 0 Å². The zero-order valence-electron chi connectivity index (χ0n) is 10.7. The second kappa shape index (κ2) is 5.49. The molecular formula is C14H17N3O. The molecule has 1 N–H and O–H groups in total. The van der Waals surface area contributed by atoms with Crippen molar-refractivity contribution in [2.75, 3.05) is 6.54 Å². The first kappa shape index (κ1) is 12.4. The van der Waals surface area contributed by atoms with Crippen LogP contribution < -0.4 is 5.32 Å². The molecule has 0 unspecified atom stereocenters. The molecule has 1 heterocycles. The van der Waals surface area contributed by atoms with Gasteiger partial charge < -0.3 is 9.88 Å². The van der Waals surface area contributed by atoms with Gasteiger partial charge in [0.25, 0.3) is 5.91 Å². The van der Waals surface area contributed by atoms with E-state index >= 15 is 0 Å². The van der Waals surface area contributed by atoms with E-state index in [0.717, 1.165) is 12.1 Å². The molecule has 0 aliphatic carbocycles. The smallest absolute Gasteiger partial charge is 0.271 e. The van der Waals surface area contributed by atoms with Crippen LogP contribution in [-0.2, 0) is 0 Å². The summed E-state index contributed by atoms with van der Waals surface area (Å²) in [6.45, 7) is 4.74. The summed E-state index contributed by atoms with van der Waals surface area (Å²) >= 11 is 0. The molecule has 0 bridgehead atoms. The maximum atomic E-state index is 11.7. The molecule has 18 heavy (non-hydrogen) atoms. The van der Waals surface area contributed by atoms with E-state index in [1.165, 1.54) is 5.56 Å². The van der Waals surface area contributed by atoms with Crippen LogP contribution in [0.1, 0.15) is 29.4 Å². The third kappa shape index (κ3) is 2.77. The molecular weight excluding hydrogens is 226 g/mol. The minimum Gasteiger partial charge on any atom is -0.351 e. The topological polar surface area (TPSA) is 46.9 Å². The Hall–Kier alpha value is -2.10. The van der Waals surface area contributed by atoms with Crippen molar-refractivity contribution in [2.45, 2.75) is 20.3 Å². The van der Waals surface area contributed by atoms with Gasteiger partial charge in [-0.1, -0.05) is 24.6 Å². The molecule has 1 aromatic carbocycles. The maximum Gasteiger partial charge on any atom is 0.271 e. The van der Waals surface area contributed by atoms with Gasteiger partial charge in [0, 0.05) is 18.4 Å². The van der Waals surface area contributed by atoms with Crippen molar-refractivity contribution >= 4 is 5.91 Å². The van der Waals surface area contributed by atoms with E-state index in [4.69, 9.17) is 0 Å². The van der Waals surface area contributed by atoms with Crippen molar-refractivity contribution in [3.63, 3.8) is 0 Å². The number of aromatic nitrogens is 2. The van der Waals surface area contributed by atoms with Gasteiger partial charge in [0.1, 0.15) is 12.0 Å². The lowest BCUT2D eigenvalue weighted by Gasteiger charge is -2.02. The normalized spacial score (nSPS) is 10.3. The minimum atomic E-state index is -0.122. The van der Waals surface area contributed by atoms with Crippen LogP contribution in [0.15, 0.2) is 36.8 Å². The van der Waals surface area contributed by atoms with E-state index in [-0.39, 0.29) is 5.91 Å². The largest absolute Gasteiger partial charge is 0.351 e. The first-order valence-corrected chi connectivity index (χ1v) is 6.10. The van der Waals surface area contributed by atoms with E-state index in [1.807, 2.05) is 42.7 Å². The number of carbonyl (C=O) groups excluding carboxylic acids is 1. The lowest BCUT2D eigenvalue weighted by atomic mass is 10.2. The third-order valence-corrected chi connectivity index (χ3v) is 2.68. The fourth-order valence-electron chi connectivity index (χ4n) is 1.63. The summed E-state index contributed by atoms with van der Waals surface area (Å²) in [5, 5.41) is 2.81. The quantitative estimate of drug-likeness (QED) is 0.895. The van der Waals surface area contributed by atoms with Crippen LogP contribution in [0.4, 0.5) is 0 Å². The minimum absolute atomic E-state index is 0.122. The standard InChI is InChI=1S/C14H17N3O/c1-3-8-15-14(18)13-9-17(10-16-13)12-6-4-11(2)5-7-12/h4-7,9-10H,3,8H2,1-2H3,(H,15,18). The predicted octanol–water partition coefficient (Wildman–Crippen LogP) is 2.32. The van der Waals surface area contributed by atoms with Crippen molar-refractivity contribution < 1.29 is 4.79 Å². The summed E-state index contributed by atoms with van der Waals surface area (Å²) < 4.78 is 1.85. The SMILES string of the molecule is CCCNC(=O)c1cn(-c2ccc(C)cc2)cn1. The van der Waals surface area contributed by atoms with Crippen LogP contribution in [0, 0.1) is 6.92 Å². The summed E-state index contributed by atoms with van der Waals surface area (Å²) in [6, 6.07) is 8.08. The summed E-state index contributed by atoms with van der Waals surface area (Å²) in [4.78, 5) is 15.8. The lowest BCUT2D eigenvalue weighted by molar-refractivity contribution is 0.0949. The fourth-order valence-corrected chi connectivity index (χ4v) is 1.63. The van der Waals surface area contributed by atoms with Gasteiger partial charge in [-0.15, -0.1) is 0 Å². The molecule has 2 aromatic rings. The van der Waals surface area contributed by atoms with Crippen LogP contribution in [0.3, 0.4) is 0 Å². The molecule has 4 heteroatoms. The number of imidazole rings is 1. The average molecular weight is 243 g/mol. The lowest BCUT2D eigenvalue weighted by Crippen LogP contribution is -2.24. The Balaban J connectivity index is 2.15. The number of nitrogens with zero attached hydrogens (tertiary/aromatic N) is 2. The molecule has 0 radical (unpaired) electrons. The molecule has 2 rings (SSSR count). The molecule has 0 fully saturated rings. The zero-order chi connectivity index (χ0) is 13.0. The van der Waals surface area contributed by atoms with Gasteiger partial charge in [0.2, 0.25) is 0 Å². The molecule has 94 valence electrons. The second-order valence-electron chi connectivity index (χ2n) is 4.26. The van der Waals surface area contributed by atoms with E-state index < -0.39 is 0 Å². The van der Waals surface area contributed by atoms with E-state index in [1.54, 1.807) is 12.5 Å². The number of nitrogens with one attached hydrogen (secondary N) is 1. The van der Waals surface area contributed by atoms with Crippen molar-refractivity contribution in [2.24, 2.45) is 0 Å². The Morgan fingerprint density at radius 3 is 2.72 bits per heavy atom. The predicted molar refractivity (Wildman–Crippen MR) is 70.9 cm³/mol. The van der Waals surface area contributed by atoms with Gasteiger partial charge in [-0.2, -0.15) is 0 Å². The summed E-state index contributed by atoms with van der Waals surface area (Å²) in [5.74, 6) is -0.122. The highest BCUT2D eigenvalue weighted by Crippen LogP contribution is 2.10. The van der Waals surface area contributed by atoms with Crippen LogP contribution in [0.2, 0.25) is 0 Å². The Bertz CT molecular complexity index is 528. The second-order valence-corrected chi connectivity index (χ2v) is 4.26. The first-order valence-electron chi connectivity index (χ1n) is 6.10. The van der Waals surface area contributed by atoms with E-state index in [0.29, 0.717) is 12.2 Å². The molecule has 4 nitrogen and oxygen atoms in total. The molecule has 0 spiro atoms. The van der Waals surface area contributed by atoms with Gasteiger partial charge >= 0.3 is 0 Å². The molecule has 0 aliphatic heterocycles. The Morgan fingerprint density at radius 1 is 1.33 bits per heavy atom. The molecule has 1 aromatic heterocycles. The highest BCUT2D eigenvalue weighted by Gasteiger charge is 2.08. The Kier molecular flexibility index (Phi) is 3.77. The monoisotopic (exact) mass is 243 g/mol. The van der Waals surface area contributed by atoms with Crippen LogP contribution in [-0.4, -0.2) is 22.0 Å². The van der Waals surface area contributed by atoms with E-state index in [2.05, 4.69) is 10.3 Å². The number of hydrogen-bond acceptors (Lipinski definition) is 2. The number of hydrogen-bond donors (Lipinski definition) is 1. The number of benzene rings is 1. The summed E-state index contributed by atoms with van der Waals surface area (Å²) in [5.41, 5.74) is 2.66. The number of rotatable bonds is 4. The molecule has 0 aliphatic rings. The summed E-state index contributed by atoms with van der Waals surface area (Å²) in [6.07, 6.45) is 4.32. The van der Waals surface area contributed by atoms with Crippen molar-refractivity contribution in [1.82, 2.24) is 14.9 Å². The Labute approximate surface area is 107 Å². The van der Waals surface area contributed by atoms with Crippen molar-refractivity contribution in [3.05, 3.63) is 48.0 Å². The zero-order valence-corrected chi connectivity index (χ0v) is 10.7. The van der Waals surface area contributed by atoms with Gasteiger partial charge in [-0.3, -0.25) is 4.79 Å². The third-order valence-electron chi connectivity index (χ3n) is 2.68. The van der Waals surface area contributed by atoms with Crippen LogP contribution >= 0.6 is 0 Å². The molecule has 0 saturated carbocycles. The van der Waals surface area contributed by atoms with Crippen molar-refractivity contribution in [3.8, 4) is 5.69 Å². The summed E-state index contributed by atoms with van der Waals surface area (Å²) in [7, 11) is 0. The van der Waals surface area contributed by atoms with Gasteiger partial charge in [-0.25, -0.2) is 4.98 Å². The number of amides is 1. The first-order chi connectivity index (χ1) is 8.70. The number of aryl methyl sites for hydroxylation is 1. The Morgan fingerprint density at radius 2 is 2.06 bits per heavy atom. The maximum absolute atomic E-state index is 11.7. The molecule has 0 saturated heterocycles. The van der Waals surface area contributed by atoms with Gasteiger partial charge in [0.05, 0.1) is 0 Å². The van der Waals surface area contributed by atoms with Gasteiger partial charge in [-0.05, 0) is 25.5 Å². The highest BCUT2D eigenvalue weighted by molar-refractivity contribution is 5.92. The molecule has 1 amide bonds. The van der Waals surface area contributed by atoms with Crippen LogP contribution in [0.5, 0.6) is 0 Å².